The van der Waals surface area contributed by atoms with E-state index in [2.05, 4.69) is 15.5 Å². The lowest BCUT2D eigenvalue weighted by Gasteiger charge is -2.11. The lowest BCUT2D eigenvalue weighted by Crippen LogP contribution is -2.08. The topological polar surface area (TPSA) is 67.0 Å². The van der Waals surface area contributed by atoms with Crippen LogP contribution < -0.4 is 5.32 Å². The van der Waals surface area contributed by atoms with Crippen molar-refractivity contribution in [3.8, 4) is 0 Å². The largest absolute Gasteiger partial charge is 0.462 e. The van der Waals surface area contributed by atoms with Gasteiger partial charge in [0, 0.05) is 11.4 Å². The van der Waals surface area contributed by atoms with Gasteiger partial charge in [0.1, 0.15) is 5.56 Å². The molecule has 0 saturated heterocycles. The quantitative estimate of drug-likeness (QED) is 0.839. The summed E-state index contributed by atoms with van der Waals surface area (Å²) in [6, 6.07) is 6.02. The lowest BCUT2D eigenvalue weighted by molar-refractivity contribution is 0.0527. The van der Waals surface area contributed by atoms with E-state index in [0.29, 0.717) is 23.7 Å². The molecule has 1 heterocycles. The van der Waals surface area contributed by atoms with Crippen molar-refractivity contribution in [2.45, 2.75) is 27.7 Å². The molecule has 0 spiro atoms. The third-order valence-electron chi connectivity index (χ3n) is 3.15. The number of nitrogens with zero attached hydrogens (tertiary/aromatic N) is 1. The van der Waals surface area contributed by atoms with Gasteiger partial charge in [0.05, 0.1) is 6.61 Å². The molecule has 0 aliphatic heterocycles. The molecule has 106 valence electrons. The van der Waals surface area contributed by atoms with Gasteiger partial charge in [-0.15, -0.1) is 0 Å². The summed E-state index contributed by atoms with van der Waals surface area (Å²) in [5, 5.41) is 10.2. The Morgan fingerprint density at radius 2 is 1.95 bits per heavy atom. The van der Waals surface area contributed by atoms with Crippen LogP contribution in [0.1, 0.15) is 34.1 Å². The Bertz CT molecular complexity index is 612. The molecule has 20 heavy (non-hydrogen) atoms. The Morgan fingerprint density at radius 3 is 2.55 bits per heavy atom. The maximum atomic E-state index is 12.0. The number of carbonyl (C=O) groups is 1. The Balaban J connectivity index is 2.38. The van der Waals surface area contributed by atoms with Gasteiger partial charge < -0.3 is 10.1 Å². The number of H-pyrrole nitrogens is 1. The summed E-state index contributed by atoms with van der Waals surface area (Å²) in [7, 11) is 0. The number of anilines is 2. The van der Waals surface area contributed by atoms with E-state index in [9.17, 15) is 4.79 Å². The first kappa shape index (κ1) is 14.1. The summed E-state index contributed by atoms with van der Waals surface area (Å²) < 4.78 is 5.07. The fourth-order valence-electron chi connectivity index (χ4n) is 2.10. The van der Waals surface area contributed by atoms with Gasteiger partial charge in [0.2, 0.25) is 0 Å². The van der Waals surface area contributed by atoms with Crippen LogP contribution in [0.5, 0.6) is 0 Å². The molecule has 0 aliphatic rings. The second-order valence-corrected chi connectivity index (χ2v) is 4.68. The van der Waals surface area contributed by atoms with Crippen LogP contribution in [-0.2, 0) is 4.74 Å². The molecular weight excluding hydrogens is 254 g/mol. The molecule has 0 fully saturated rings. The minimum atomic E-state index is -0.368. The fraction of sp³-hybridized carbons (Fsp3) is 0.333. The van der Waals surface area contributed by atoms with Crippen molar-refractivity contribution in [1.82, 2.24) is 10.2 Å². The van der Waals surface area contributed by atoms with E-state index in [1.165, 1.54) is 0 Å². The highest BCUT2D eigenvalue weighted by molar-refractivity contribution is 5.96. The highest BCUT2D eigenvalue weighted by Crippen LogP contribution is 2.26. The summed E-state index contributed by atoms with van der Waals surface area (Å²) in [4.78, 5) is 12.0. The van der Waals surface area contributed by atoms with Crippen LogP contribution >= 0.6 is 0 Å². The van der Waals surface area contributed by atoms with Crippen molar-refractivity contribution < 1.29 is 9.53 Å². The number of aromatic nitrogens is 2. The molecule has 0 aliphatic carbocycles. The minimum Gasteiger partial charge on any atom is -0.462 e. The molecular formula is C15H19N3O2. The first-order valence-electron chi connectivity index (χ1n) is 6.60. The molecule has 5 heteroatoms. The SMILES string of the molecule is CCOC(=O)c1c(Nc2c(C)cccc2C)n[nH]c1C. The van der Waals surface area contributed by atoms with Crippen LogP contribution in [0.15, 0.2) is 18.2 Å². The Labute approximate surface area is 118 Å². The van der Waals surface area contributed by atoms with Gasteiger partial charge in [0.15, 0.2) is 5.82 Å². The van der Waals surface area contributed by atoms with Crippen LogP contribution in [0, 0.1) is 20.8 Å². The van der Waals surface area contributed by atoms with Crippen molar-refractivity contribution in [1.29, 1.82) is 0 Å². The van der Waals surface area contributed by atoms with Gasteiger partial charge in [-0.05, 0) is 38.8 Å². The molecule has 0 radical (unpaired) electrons. The Kier molecular flexibility index (Phi) is 4.08. The molecule has 0 bridgehead atoms. The Morgan fingerprint density at radius 1 is 1.30 bits per heavy atom. The van der Waals surface area contributed by atoms with Gasteiger partial charge >= 0.3 is 5.97 Å². The molecule has 2 rings (SSSR count). The molecule has 1 aromatic heterocycles. The average molecular weight is 273 g/mol. The molecule has 0 amide bonds. The number of aryl methyl sites for hydroxylation is 3. The number of carbonyl (C=O) groups excluding carboxylic acids is 1. The summed E-state index contributed by atoms with van der Waals surface area (Å²) in [5.41, 5.74) is 4.30. The first-order valence-corrected chi connectivity index (χ1v) is 6.60. The number of ether oxygens (including phenoxy) is 1. The smallest absolute Gasteiger partial charge is 0.343 e. The van der Waals surface area contributed by atoms with Crippen LogP contribution in [-0.4, -0.2) is 22.8 Å². The first-order chi connectivity index (χ1) is 9.54. The summed E-state index contributed by atoms with van der Waals surface area (Å²) in [6.45, 7) is 7.95. The van der Waals surface area contributed by atoms with Crippen molar-refractivity contribution in [3.63, 3.8) is 0 Å². The van der Waals surface area contributed by atoms with E-state index in [0.717, 1.165) is 16.8 Å². The predicted octanol–water partition coefficient (Wildman–Crippen LogP) is 3.26. The van der Waals surface area contributed by atoms with E-state index >= 15 is 0 Å². The predicted molar refractivity (Wildman–Crippen MR) is 78.5 cm³/mol. The van der Waals surface area contributed by atoms with Crippen molar-refractivity contribution >= 4 is 17.5 Å². The molecule has 5 nitrogen and oxygen atoms in total. The summed E-state index contributed by atoms with van der Waals surface area (Å²) >= 11 is 0. The van der Waals surface area contributed by atoms with Gasteiger partial charge in [0.25, 0.3) is 0 Å². The summed E-state index contributed by atoms with van der Waals surface area (Å²) in [5.74, 6) is 0.130. The zero-order chi connectivity index (χ0) is 14.7. The third kappa shape index (κ3) is 2.66. The van der Waals surface area contributed by atoms with Crippen LogP contribution in [0.2, 0.25) is 0 Å². The van der Waals surface area contributed by atoms with E-state index in [4.69, 9.17) is 4.74 Å². The number of benzene rings is 1. The fourth-order valence-corrected chi connectivity index (χ4v) is 2.10. The Hall–Kier alpha value is -2.30. The highest BCUT2D eigenvalue weighted by Gasteiger charge is 2.20. The monoisotopic (exact) mass is 273 g/mol. The maximum Gasteiger partial charge on any atom is 0.343 e. The normalized spacial score (nSPS) is 10.4. The van der Waals surface area contributed by atoms with Crippen molar-refractivity contribution in [3.05, 3.63) is 40.6 Å². The molecule has 1 aromatic carbocycles. The maximum absolute atomic E-state index is 12.0. The van der Waals surface area contributed by atoms with Crippen LogP contribution in [0.25, 0.3) is 0 Å². The lowest BCUT2D eigenvalue weighted by atomic mass is 10.1. The standard InChI is InChI=1S/C15H19N3O2/c1-5-20-15(19)12-11(4)17-18-14(12)16-13-9(2)7-6-8-10(13)3/h6-8H,5H2,1-4H3,(H2,16,17,18). The van der Waals surface area contributed by atoms with E-state index < -0.39 is 0 Å². The zero-order valence-electron chi connectivity index (χ0n) is 12.2. The highest BCUT2D eigenvalue weighted by atomic mass is 16.5. The minimum absolute atomic E-state index is 0.340. The van der Waals surface area contributed by atoms with Crippen LogP contribution in [0.4, 0.5) is 11.5 Å². The number of esters is 1. The second kappa shape index (κ2) is 5.77. The molecule has 0 saturated carbocycles. The van der Waals surface area contributed by atoms with Crippen molar-refractivity contribution in [2.24, 2.45) is 0 Å². The van der Waals surface area contributed by atoms with E-state index in [1.807, 2.05) is 32.0 Å². The second-order valence-electron chi connectivity index (χ2n) is 4.68. The van der Waals surface area contributed by atoms with E-state index in [1.54, 1.807) is 13.8 Å². The number of hydrogen-bond acceptors (Lipinski definition) is 4. The van der Waals surface area contributed by atoms with E-state index in [-0.39, 0.29) is 5.97 Å². The number of nitrogens with one attached hydrogen (secondary N) is 2. The van der Waals surface area contributed by atoms with Gasteiger partial charge in [-0.25, -0.2) is 4.79 Å². The van der Waals surface area contributed by atoms with Gasteiger partial charge in [-0.1, -0.05) is 18.2 Å². The number of para-hydroxylation sites is 1. The third-order valence-corrected chi connectivity index (χ3v) is 3.15. The van der Waals surface area contributed by atoms with Crippen molar-refractivity contribution in [2.75, 3.05) is 11.9 Å². The molecule has 2 aromatic rings. The molecule has 2 N–H and O–H groups in total. The molecule has 0 unspecified atom stereocenters. The number of hydrogen-bond donors (Lipinski definition) is 2. The van der Waals surface area contributed by atoms with Gasteiger partial charge in [-0.2, -0.15) is 5.10 Å². The zero-order valence-corrected chi connectivity index (χ0v) is 12.2. The summed E-state index contributed by atoms with van der Waals surface area (Å²) in [6.07, 6.45) is 0. The molecule has 0 atom stereocenters. The van der Waals surface area contributed by atoms with Crippen LogP contribution in [0.3, 0.4) is 0 Å². The van der Waals surface area contributed by atoms with Gasteiger partial charge in [-0.3, -0.25) is 5.10 Å². The average Bonchev–Trinajstić information content (AvgIpc) is 2.75. The number of rotatable bonds is 4. The number of aromatic amines is 1.